The van der Waals surface area contributed by atoms with Gasteiger partial charge in [-0.05, 0) is 36.8 Å². The van der Waals surface area contributed by atoms with E-state index in [-0.39, 0.29) is 11.5 Å². The van der Waals surface area contributed by atoms with Gasteiger partial charge in [0, 0.05) is 0 Å². The SMILES string of the molecule is COc1ccccc1NC(=O)c1nnn(-c2cccc(C)c2)c1N. The van der Waals surface area contributed by atoms with E-state index in [0.29, 0.717) is 11.4 Å². The highest BCUT2D eigenvalue weighted by molar-refractivity contribution is 6.06. The summed E-state index contributed by atoms with van der Waals surface area (Å²) in [5.74, 6) is 0.277. The fraction of sp³-hybridized carbons (Fsp3) is 0.118. The van der Waals surface area contributed by atoms with E-state index in [0.717, 1.165) is 11.3 Å². The maximum atomic E-state index is 12.5. The molecule has 0 aliphatic carbocycles. The third-order valence-corrected chi connectivity index (χ3v) is 3.52. The summed E-state index contributed by atoms with van der Waals surface area (Å²) in [5.41, 5.74) is 8.46. The first-order valence-corrected chi connectivity index (χ1v) is 7.32. The van der Waals surface area contributed by atoms with Gasteiger partial charge < -0.3 is 15.8 Å². The number of nitrogen functional groups attached to an aromatic ring is 1. The number of anilines is 2. The molecule has 1 aromatic heterocycles. The quantitative estimate of drug-likeness (QED) is 0.769. The molecule has 1 heterocycles. The molecule has 122 valence electrons. The molecule has 7 heteroatoms. The Labute approximate surface area is 139 Å². The largest absolute Gasteiger partial charge is 0.495 e. The van der Waals surface area contributed by atoms with Crippen molar-refractivity contribution in [1.29, 1.82) is 0 Å². The maximum Gasteiger partial charge on any atom is 0.280 e. The van der Waals surface area contributed by atoms with Crippen LogP contribution >= 0.6 is 0 Å². The molecule has 1 amide bonds. The lowest BCUT2D eigenvalue weighted by Gasteiger charge is -2.09. The van der Waals surface area contributed by atoms with E-state index >= 15 is 0 Å². The van der Waals surface area contributed by atoms with Gasteiger partial charge in [-0.3, -0.25) is 4.79 Å². The van der Waals surface area contributed by atoms with Gasteiger partial charge in [0.25, 0.3) is 5.91 Å². The Hall–Kier alpha value is -3.35. The molecule has 24 heavy (non-hydrogen) atoms. The minimum absolute atomic E-state index is 0.0578. The molecule has 3 rings (SSSR count). The van der Waals surface area contributed by atoms with Crippen LogP contribution in [0.5, 0.6) is 5.75 Å². The molecule has 0 radical (unpaired) electrons. The predicted molar refractivity (Wildman–Crippen MR) is 91.5 cm³/mol. The maximum absolute atomic E-state index is 12.5. The number of rotatable bonds is 4. The van der Waals surface area contributed by atoms with E-state index in [4.69, 9.17) is 10.5 Å². The first-order valence-electron chi connectivity index (χ1n) is 7.32. The number of carbonyl (C=O) groups is 1. The lowest BCUT2D eigenvalue weighted by molar-refractivity contribution is 0.102. The minimum Gasteiger partial charge on any atom is -0.495 e. The normalized spacial score (nSPS) is 10.4. The van der Waals surface area contributed by atoms with E-state index in [1.165, 1.54) is 11.8 Å². The van der Waals surface area contributed by atoms with Gasteiger partial charge in [0.2, 0.25) is 0 Å². The van der Waals surface area contributed by atoms with Crippen molar-refractivity contribution < 1.29 is 9.53 Å². The van der Waals surface area contributed by atoms with Crippen LogP contribution in [-0.4, -0.2) is 28.0 Å². The van der Waals surface area contributed by atoms with Gasteiger partial charge in [-0.25, -0.2) is 0 Å². The van der Waals surface area contributed by atoms with Gasteiger partial charge in [0.15, 0.2) is 11.5 Å². The lowest BCUT2D eigenvalue weighted by atomic mass is 10.2. The van der Waals surface area contributed by atoms with Crippen LogP contribution in [0.25, 0.3) is 5.69 Å². The molecular weight excluding hydrogens is 306 g/mol. The van der Waals surface area contributed by atoms with Crippen molar-refractivity contribution in [2.45, 2.75) is 6.92 Å². The van der Waals surface area contributed by atoms with Gasteiger partial charge in [-0.15, -0.1) is 5.10 Å². The molecule has 0 saturated carbocycles. The molecule has 0 saturated heterocycles. The molecule has 0 bridgehead atoms. The third kappa shape index (κ3) is 2.91. The van der Waals surface area contributed by atoms with E-state index in [2.05, 4.69) is 15.6 Å². The predicted octanol–water partition coefficient (Wildman–Crippen LogP) is 2.42. The Kier molecular flexibility index (Phi) is 4.15. The van der Waals surface area contributed by atoms with Crippen molar-refractivity contribution in [2.24, 2.45) is 0 Å². The summed E-state index contributed by atoms with van der Waals surface area (Å²) in [6.07, 6.45) is 0. The van der Waals surface area contributed by atoms with Crippen LogP contribution in [0.15, 0.2) is 48.5 Å². The number of nitrogens with zero attached hydrogens (tertiary/aromatic N) is 3. The van der Waals surface area contributed by atoms with Crippen molar-refractivity contribution in [3.8, 4) is 11.4 Å². The number of carbonyl (C=O) groups excluding carboxylic acids is 1. The molecule has 0 atom stereocenters. The van der Waals surface area contributed by atoms with Crippen LogP contribution in [0.3, 0.4) is 0 Å². The fourth-order valence-electron chi connectivity index (χ4n) is 2.33. The minimum atomic E-state index is -0.448. The number of amides is 1. The lowest BCUT2D eigenvalue weighted by Crippen LogP contribution is -2.15. The molecule has 3 N–H and O–H groups in total. The summed E-state index contributed by atoms with van der Waals surface area (Å²) in [4.78, 5) is 12.5. The number of nitrogens with one attached hydrogen (secondary N) is 1. The zero-order valence-electron chi connectivity index (χ0n) is 13.4. The summed E-state index contributed by atoms with van der Waals surface area (Å²) < 4.78 is 6.65. The fourth-order valence-corrected chi connectivity index (χ4v) is 2.33. The van der Waals surface area contributed by atoms with Crippen molar-refractivity contribution in [3.63, 3.8) is 0 Å². The number of aryl methyl sites for hydroxylation is 1. The van der Waals surface area contributed by atoms with E-state index in [1.54, 1.807) is 18.2 Å². The van der Waals surface area contributed by atoms with Crippen LogP contribution < -0.4 is 15.8 Å². The van der Waals surface area contributed by atoms with Crippen LogP contribution in [0.4, 0.5) is 11.5 Å². The number of hydrogen-bond donors (Lipinski definition) is 2. The van der Waals surface area contributed by atoms with E-state index < -0.39 is 5.91 Å². The van der Waals surface area contributed by atoms with Gasteiger partial charge >= 0.3 is 0 Å². The Bertz CT molecular complexity index is 888. The number of para-hydroxylation sites is 2. The summed E-state index contributed by atoms with van der Waals surface area (Å²) in [5, 5.41) is 10.6. The number of aromatic nitrogens is 3. The number of hydrogen-bond acceptors (Lipinski definition) is 5. The highest BCUT2D eigenvalue weighted by Gasteiger charge is 2.19. The molecule has 3 aromatic rings. The molecule has 0 spiro atoms. The van der Waals surface area contributed by atoms with Crippen molar-refractivity contribution in [3.05, 3.63) is 59.8 Å². The zero-order valence-corrected chi connectivity index (χ0v) is 13.4. The van der Waals surface area contributed by atoms with Crippen LogP contribution in [0.2, 0.25) is 0 Å². The molecule has 0 aliphatic heterocycles. The van der Waals surface area contributed by atoms with Crippen molar-refractivity contribution >= 4 is 17.4 Å². The Morgan fingerprint density at radius 3 is 2.75 bits per heavy atom. The molecule has 0 unspecified atom stereocenters. The second-order valence-electron chi connectivity index (χ2n) is 5.23. The number of benzene rings is 2. The van der Waals surface area contributed by atoms with Gasteiger partial charge in [0.05, 0.1) is 18.5 Å². The summed E-state index contributed by atoms with van der Waals surface area (Å²) in [6, 6.07) is 14.7. The van der Waals surface area contributed by atoms with Crippen LogP contribution in [0, 0.1) is 6.92 Å². The monoisotopic (exact) mass is 323 g/mol. The molecular formula is C17H17N5O2. The Morgan fingerprint density at radius 1 is 1.21 bits per heavy atom. The Morgan fingerprint density at radius 2 is 2.00 bits per heavy atom. The highest BCUT2D eigenvalue weighted by atomic mass is 16.5. The van der Waals surface area contributed by atoms with Crippen LogP contribution in [0.1, 0.15) is 16.1 Å². The second-order valence-corrected chi connectivity index (χ2v) is 5.23. The van der Waals surface area contributed by atoms with Gasteiger partial charge in [0.1, 0.15) is 5.75 Å². The average Bonchev–Trinajstić information content (AvgIpc) is 2.97. The molecule has 0 aliphatic rings. The smallest absolute Gasteiger partial charge is 0.280 e. The molecule has 7 nitrogen and oxygen atoms in total. The molecule has 0 fully saturated rings. The van der Waals surface area contributed by atoms with Gasteiger partial charge in [-0.2, -0.15) is 4.68 Å². The van der Waals surface area contributed by atoms with Crippen molar-refractivity contribution in [2.75, 3.05) is 18.2 Å². The number of ether oxygens (including phenoxy) is 1. The standard InChI is InChI=1S/C17H17N5O2/c1-11-6-5-7-12(10-11)22-16(18)15(20-21-22)17(23)19-13-8-3-4-9-14(13)24-2/h3-10H,18H2,1-2H3,(H,19,23). The average molecular weight is 323 g/mol. The topological polar surface area (TPSA) is 95.1 Å². The first kappa shape index (κ1) is 15.5. The van der Waals surface area contributed by atoms with E-state index in [9.17, 15) is 4.79 Å². The third-order valence-electron chi connectivity index (χ3n) is 3.52. The van der Waals surface area contributed by atoms with E-state index in [1.807, 2.05) is 37.3 Å². The number of nitrogens with two attached hydrogens (primary N) is 1. The number of methoxy groups -OCH3 is 1. The van der Waals surface area contributed by atoms with Crippen molar-refractivity contribution in [1.82, 2.24) is 15.0 Å². The zero-order chi connectivity index (χ0) is 17.1. The van der Waals surface area contributed by atoms with Gasteiger partial charge in [-0.1, -0.05) is 29.5 Å². The Balaban J connectivity index is 1.89. The van der Waals surface area contributed by atoms with Crippen LogP contribution in [-0.2, 0) is 0 Å². The summed E-state index contributed by atoms with van der Waals surface area (Å²) in [6.45, 7) is 1.96. The summed E-state index contributed by atoms with van der Waals surface area (Å²) in [7, 11) is 1.54. The summed E-state index contributed by atoms with van der Waals surface area (Å²) >= 11 is 0. The second kappa shape index (κ2) is 6.41. The highest BCUT2D eigenvalue weighted by Crippen LogP contribution is 2.24. The first-order chi connectivity index (χ1) is 11.6. The molecule has 2 aromatic carbocycles.